The lowest BCUT2D eigenvalue weighted by Gasteiger charge is -2.11. The number of nitrogens with one attached hydrogen (secondary N) is 1. The van der Waals surface area contributed by atoms with Crippen LogP contribution in [-0.2, 0) is 4.74 Å². The molecule has 0 fully saturated rings. The minimum absolute atomic E-state index is 0.284. The Kier molecular flexibility index (Phi) is 4.03. The number of nitriles is 1. The Labute approximate surface area is 115 Å². The predicted molar refractivity (Wildman–Crippen MR) is 70.8 cm³/mol. The average Bonchev–Trinajstić information content (AvgIpc) is 2.88. The molecule has 6 heteroatoms. The van der Waals surface area contributed by atoms with Crippen molar-refractivity contribution in [3.8, 4) is 6.07 Å². The van der Waals surface area contributed by atoms with Crippen LogP contribution in [0.15, 0.2) is 24.3 Å². The van der Waals surface area contributed by atoms with Crippen molar-refractivity contribution in [3.05, 3.63) is 35.5 Å². The highest BCUT2D eigenvalue weighted by molar-refractivity contribution is 5.94. The molecule has 0 saturated carbocycles. The first kappa shape index (κ1) is 14.1. The molecule has 2 rings (SSSR count). The number of nitrogens with zero attached hydrogens (tertiary/aromatic N) is 1. The fraction of sp³-hybridized carbons (Fsp3) is 0.286. The molecule has 0 saturated heterocycles. The van der Waals surface area contributed by atoms with Gasteiger partial charge in [-0.3, -0.25) is 0 Å². The molecule has 0 amide bonds. The van der Waals surface area contributed by atoms with Crippen LogP contribution in [0.1, 0.15) is 29.1 Å². The number of fused-ring (bicyclic) bond motifs is 1. The monoisotopic (exact) mass is 274 g/mol. The van der Waals surface area contributed by atoms with Crippen LogP contribution in [0.2, 0.25) is 0 Å². The Morgan fingerprint density at radius 1 is 1.45 bits per heavy atom. The summed E-state index contributed by atoms with van der Waals surface area (Å²) in [5.41, 5.74) is 1.33. The van der Waals surface area contributed by atoms with E-state index in [2.05, 4.69) is 4.98 Å². The van der Waals surface area contributed by atoms with E-state index < -0.39 is 18.2 Å². The van der Waals surface area contributed by atoms with Crippen LogP contribution in [0.4, 0.5) is 0 Å². The van der Waals surface area contributed by atoms with Gasteiger partial charge in [-0.25, -0.2) is 4.79 Å². The second-order valence-electron chi connectivity index (χ2n) is 4.27. The van der Waals surface area contributed by atoms with E-state index in [0.29, 0.717) is 16.8 Å². The molecule has 0 aliphatic rings. The number of carbonyl (C=O) groups excluding carboxylic acids is 1. The second-order valence-corrected chi connectivity index (χ2v) is 4.27. The fourth-order valence-electron chi connectivity index (χ4n) is 1.90. The van der Waals surface area contributed by atoms with Crippen molar-refractivity contribution in [3.63, 3.8) is 0 Å². The van der Waals surface area contributed by atoms with Gasteiger partial charge in [0.05, 0.1) is 12.7 Å². The Bertz CT molecular complexity index is 671. The number of aliphatic hydroxyl groups is 2. The maximum atomic E-state index is 11.6. The molecule has 6 nitrogen and oxygen atoms in total. The number of hydrogen-bond donors (Lipinski definition) is 3. The van der Waals surface area contributed by atoms with Gasteiger partial charge in [0.25, 0.3) is 0 Å². The summed E-state index contributed by atoms with van der Waals surface area (Å²) in [6, 6.07) is 8.09. The third kappa shape index (κ3) is 2.64. The van der Waals surface area contributed by atoms with Gasteiger partial charge in [-0.1, -0.05) is 12.1 Å². The summed E-state index contributed by atoms with van der Waals surface area (Å²) in [6.45, 7) is 2.00. The molecular weight excluding hydrogens is 260 g/mol. The van der Waals surface area contributed by atoms with E-state index in [1.54, 1.807) is 37.3 Å². The van der Waals surface area contributed by atoms with Crippen molar-refractivity contribution in [2.24, 2.45) is 0 Å². The van der Waals surface area contributed by atoms with E-state index in [4.69, 9.17) is 10.00 Å². The third-order valence-electron chi connectivity index (χ3n) is 2.91. The normalized spacial score (nSPS) is 13.7. The lowest BCUT2D eigenvalue weighted by atomic mass is 10.0. The van der Waals surface area contributed by atoms with Gasteiger partial charge in [0.1, 0.15) is 11.8 Å². The van der Waals surface area contributed by atoms with Gasteiger partial charge < -0.3 is 19.9 Å². The summed E-state index contributed by atoms with van der Waals surface area (Å²) in [5.74, 6) is -0.456. The molecule has 2 aromatic rings. The molecule has 1 aromatic carbocycles. The number of benzene rings is 1. The van der Waals surface area contributed by atoms with Crippen LogP contribution in [0.3, 0.4) is 0 Å². The van der Waals surface area contributed by atoms with Crippen LogP contribution in [0.25, 0.3) is 10.9 Å². The molecule has 2 unspecified atom stereocenters. The van der Waals surface area contributed by atoms with Crippen molar-refractivity contribution in [2.45, 2.75) is 19.1 Å². The van der Waals surface area contributed by atoms with Gasteiger partial charge >= 0.3 is 5.97 Å². The Hall–Kier alpha value is -2.36. The smallest absolute Gasteiger partial charge is 0.354 e. The summed E-state index contributed by atoms with van der Waals surface area (Å²) in [7, 11) is 0. The Balaban J connectivity index is 2.35. The molecule has 0 radical (unpaired) electrons. The number of H-pyrrole nitrogens is 1. The molecule has 0 bridgehead atoms. The van der Waals surface area contributed by atoms with E-state index in [0.717, 1.165) is 5.39 Å². The highest BCUT2D eigenvalue weighted by Crippen LogP contribution is 2.23. The van der Waals surface area contributed by atoms with Gasteiger partial charge in [-0.2, -0.15) is 5.26 Å². The average molecular weight is 274 g/mol. The van der Waals surface area contributed by atoms with Crippen molar-refractivity contribution in [2.75, 3.05) is 6.61 Å². The molecule has 1 heterocycles. The third-order valence-corrected chi connectivity index (χ3v) is 2.91. The molecule has 0 aliphatic heterocycles. The Morgan fingerprint density at radius 2 is 2.20 bits per heavy atom. The lowest BCUT2D eigenvalue weighted by molar-refractivity contribution is 0.0520. The van der Waals surface area contributed by atoms with Crippen molar-refractivity contribution in [1.82, 2.24) is 4.98 Å². The summed E-state index contributed by atoms with van der Waals surface area (Å²) in [5, 5.41) is 28.5. The quantitative estimate of drug-likeness (QED) is 0.575. The van der Waals surface area contributed by atoms with E-state index in [9.17, 15) is 15.0 Å². The predicted octanol–water partition coefficient (Wildman–Crippen LogP) is 1.26. The number of carbonyl (C=O) groups is 1. The SMILES string of the molecule is CCOC(=O)c1cc2ccc(C(O)C(O)C#N)cc2[nH]1. The number of hydrogen-bond acceptors (Lipinski definition) is 5. The number of aromatic amines is 1. The molecule has 20 heavy (non-hydrogen) atoms. The number of aliphatic hydroxyl groups excluding tert-OH is 2. The van der Waals surface area contributed by atoms with Crippen LogP contribution in [0, 0.1) is 11.3 Å². The standard InChI is InChI=1S/C14H14N2O4/c1-2-20-14(19)11-5-8-3-4-9(6-10(8)16-11)13(18)12(17)7-15/h3-6,12-13,16-18H,2H2,1H3. The summed E-state index contributed by atoms with van der Waals surface area (Å²) in [4.78, 5) is 14.5. The fourth-order valence-corrected chi connectivity index (χ4v) is 1.90. The summed E-state index contributed by atoms with van der Waals surface area (Å²) < 4.78 is 4.89. The largest absolute Gasteiger partial charge is 0.461 e. The van der Waals surface area contributed by atoms with E-state index in [-0.39, 0.29) is 6.61 Å². The first-order valence-electron chi connectivity index (χ1n) is 6.12. The zero-order valence-electron chi connectivity index (χ0n) is 10.8. The second kappa shape index (κ2) is 5.74. The number of rotatable bonds is 4. The topological polar surface area (TPSA) is 106 Å². The van der Waals surface area contributed by atoms with E-state index in [1.807, 2.05) is 0 Å². The molecule has 1 aromatic heterocycles. The number of ether oxygens (including phenoxy) is 1. The van der Waals surface area contributed by atoms with Crippen molar-refractivity contribution in [1.29, 1.82) is 5.26 Å². The van der Waals surface area contributed by atoms with Gasteiger partial charge in [0, 0.05) is 10.9 Å². The van der Waals surface area contributed by atoms with Crippen molar-refractivity contribution >= 4 is 16.9 Å². The molecular formula is C14H14N2O4. The highest BCUT2D eigenvalue weighted by atomic mass is 16.5. The minimum Gasteiger partial charge on any atom is -0.461 e. The van der Waals surface area contributed by atoms with Crippen LogP contribution in [-0.4, -0.2) is 33.9 Å². The number of esters is 1. The molecule has 0 aliphatic carbocycles. The zero-order valence-corrected chi connectivity index (χ0v) is 10.8. The first-order chi connectivity index (χ1) is 9.56. The molecule has 2 atom stereocenters. The van der Waals surface area contributed by atoms with E-state index >= 15 is 0 Å². The molecule has 3 N–H and O–H groups in total. The highest BCUT2D eigenvalue weighted by Gasteiger charge is 2.18. The van der Waals surface area contributed by atoms with Crippen LogP contribution in [0.5, 0.6) is 0 Å². The van der Waals surface area contributed by atoms with Crippen LogP contribution < -0.4 is 0 Å². The van der Waals surface area contributed by atoms with Crippen molar-refractivity contribution < 1.29 is 19.7 Å². The van der Waals surface area contributed by atoms with Gasteiger partial charge in [-0.15, -0.1) is 0 Å². The zero-order chi connectivity index (χ0) is 14.7. The van der Waals surface area contributed by atoms with Crippen LogP contribution >= 0.6 is 0 Å². The van der Waals surface area contributed by atoms with E-state index in [1.165, 1.54) is 0 Å². The summed E-state index contributed by atoms with van der Waals surface area (Å²) in [6.07, 6.45) is -2.79. The van der Waals surface area contributed by atoms with Gasteiger partial charge in [-0.05, 0) is 24.6 Å². The maximum Gasteiger partial charge on any atom is 0.354 e. The first-order valence-corrected chi connectivity index (χ1v) is 6.12. The summed E-state index contributed by atoms with van der Waals surface area (Å²) >= 11 is 0. The molecule has 104 valence electrons. The van der Waals surface area contributed by atoms with Gasteiger partial charge in [0.2, 0.25) is 0 Å². The Morgan fingerprint density at radius 3 is 2.85 bits per heavy atom. The van der Waals surface area contributed by atoms with Gasteiger partial charge in [0.15, 0.2) is 6.10 Å². The molecule has 0 spiro atoms. The lowest BCUT2D eigenvalue weighted by Crippen LogP contribution is -2.15. The maximum absolute atomic E-state index is 11.6. The number of aromatic nitrogens is 1. The minimum atomic E-state index is -1.49.